The van der Waals surface area contributed by atoms with Gasteiger partial charge in [-0.2, -0.15) is 0 Å². The first-order chi connectivity index (χ1) is 11.9. The topological polar surface area (TPSA) is 116 Å². The van der Waals surface area contributed by atoms with Gasteiger partial charge in [0.05, 0.1) is 5.56 Å². The Labute approximate surface area is 147 Å². The summed E-state index contributed by atoms with van der Waals surface area (Å²) >= 11 is 1.69. The maximum atomic E-state index is 13.3. The SMILES string of the molecule is O=C(NCCNCc1cccs1)c1ccccc1F.O=C(O)C(=O)O. The summed E-state index contributed by atoms with van der Waals surface area (Å²) in [6, 6.07) is 10.0. The predicted octanol–water partition coefficient (Wildman–Crippen LogP) is 1.56. The number of carboxylic acids is 2. The standard InChI is InChI=1S/C14H15FN2OS.C2H2O4/c15-13-6-2-1-5-12(13)14(18)17-8-7-16-10-11-4-3-9-19-11;3-1(4)2(5)6/h1-6,9,16H,7-8,10H2,(H,17,18);(H,3,4)(H,5,6). The number of rotatable bonds is 6. The van der Waals surface area contributed by atoms with Gasteiger partial charge in [-0.15, -0.1) is 11.3 Å². The van der Waals surface area contributed by atoms with Crippen molar-refractivity contribution < 1.29 is 29.0 Å². The number of carbonyl (C=O) groups is 3. The van der Waals surface area contributed by atoms with Gasteiger partial charge in [-0.25, -0.2) is 14.0 Å². The van der Waals surface area contributed by atoms with Crippen LogP contribution in [0.3, 0.4) is 0 Å². The van der Waals surface area contributed by atoms with Crippen molar-refractivity contribution in [2.45, 2.75) is 6.54 Å². The average Bonchev–Trinajstić information content (AvgIpc) is 3.08. The second kappa shape index (κ2) is 10.9. The molecule has 0 saturated heterocycles. The van der Waals surface area contributed by atoms with Crippen molar-refractivity contribution in [1.29, 1.82) is 0 Å². The summed E-state index contributed by atoms with van der Waals surface area (Å²) in [6.07, 6.45) is 0. The van der Waals surface area contributed by atoms with Crippen LogP contribution >= 0.6 is 11.3 Å². The molecule has 0 radical (unpaired) electrons. The highest BCUT2D eigenvalue weighted by molar-refractivity contribution is 7.09. The van der Waals surface area contributed by atoms with Crippen LogP contribution in [-0.2, 0) is 16.1 Å². The van der Waals surface area contributed by atoms with E-state index < -0.39 is 17.8 Å². The molecule has 0 unspecified atom stereocenters. The van der Waals surface area contributed by atoms with Crippen molar-refractivity contribution in [2.24, 2.45) is 0 Å². The fourth-order valence-corrected chi connectivity index (χ4v) is 2.30. The smallest absolute Gasteiger partial charge is 0.414 e. The van der Waals surface area contributed by atoms with Crippen LogP contribution in [0.1, 0.15) is 15.2 Å². The summed E-state index contributed by atoms with van der Waals surface area (Å²) in [4.78, 5) is 31.1. The van der Waals surface area contributed by atoms with Crippen LogP contribution in [0.5, 0.6) is 0 Å². The molecule has 25 heavy (non-hydrogen) atoms. The first-order valence-electron chi connectivity index (χ1n) is 7.14. The Morgan fingerprint density at radius 2 is 1.68 bits per heavy atom. The quantitative estimate of drug-likeness (QED) is 0.454. The average molecular weight is 368 g/mol. The molecule has 0 spiro atoms. The van der Waals surface area contributed by atoms with Crippen molar-refractivity contribution in [3.05, 3.63) is 58.0 Å². The second-order valence-corrected chi connectivity index (χ2v) is 5.63. The number of hydrogen-bond donors (Lipinski definition) is 4. The molecule has 1 aromatic heterocycles. The molecule has 0 bridgehead atoms. The van der Waals surface area contributed by atoms with Gasteiger partial charge in [0.2, 0.25) is 0 Å². The van der Waals surface area contributed by atoms with Gasteiger partial charge in [0, 0.05) is 24.5 Å². The zero-order valence-corrected chi connectivity index (χ0v) is 13.9. The van der Waals surface area contributed by atoms with Crippen molar-refractivity contribution in [3.63, 3.8) is 0 Å². The lowest BCUT2D eigenvalue weighted by atomic mass is 10.2. The molecule has 4 N–H and O–H groups in total. The summed E-state index contributed by atoms with van der Waals surface area (Å²) < 4.78 is 13.3. The highest BCUT2D eigenvalue weighted by atomic mass is 32.1. The fourth-order valence-electron chi connectivity index (χ4n) is 1.63. The van der Waals surface area contributed by atoms with E-state index in [0.717, 1.165) is 6.54 Å². The Hall–Kier alpha value is -2.78. The normalized spacial score (nSPS) is 9.64. The maximum Gasteiger partial charge on any atom is 0.414 e. The van der Waals surface area contributed by atoms with Gasteiger partial charge in [0.1, 0.15) is 5.82 Å². The minimum atomic E-state index is -1.82. The molecular formula is C16H17FN2O5S. The summed E-state index contributed by atoms with van der Waals surface area (Å²) in [5.74, 6) is -4.52. The van der Waals surface area contributed by atoms with Crippen molar-refractivity contribution in [1.82, 2.24) is 10.6 Å². The molecule has 0 fully saturated rings. The van der Waals surface area contributed by atoms with E-state index >= 15 is 0 Å². The largest absolute Gasteiger partial charge is 0.473 e. The predicted molar refractivity (Wildman–Crippen MR) is 90.0 cm³/mol. The molecule has 0 aliphatic rings. The van der Waals surface area contributed by atoms with Crippen LogP contribution in [0.4, 0.5) is 4.39 Å². The van der Waals surface area contributed by atoms with Gasteiger partial charge in [0.15, 0.2) is 0 Å². The Bertz CT molecular complexity index is 694. The van der Waals surface area contributed by atoms with E-state index in [1.54, 1.807) is 23.5 Å². The molecule has 2 rings (SSSR count). The highest BCUT2D eigenvalue weighted by Crippen LogP contribution is 2.07. The van der Waals surface area contributed by atoms with Crippen LogP contribution in [-0.4, -0.2) is 41.1 Å². The van der Waals surface area contributed by atoms with Crippen LogP contribution in [0.2, 0.25) is 0 Å². The van der Waals surface area contributed by atoms with Crippen LogP contribution < -0.4 is 10.6 Å². The van der Waals surface area contributed by atoms with Gasteiger partial charge >= 0.3 is 11.9 Å². The third kappa shape index (κ3) is 8.04. The van der Waals surface area contributed by atoms with E-state index in [0.29, 0.717) is 13.1 Å². The number of hydrogen-bond acceptors (Lipinski definition) is 5. The third-order valence-electron chi connectivity index (χ3n) is 2.77. The summed E-state index contributed by atoms with van der Waals surface area (Å²) in [7, 11) is 0. The minimum Gasteiger partial charge on any atom is -0.473 e. The number of carboxylic acid groups (broad SMARTS) is 2. The first kappa shape index (κ1) is 20.3. The molecule has 0 aliphatic heterocycles. The van der Waals surface area contributed by atoms with Crippen LogP contribution in [0.15, 0.2) is 41.8 Å². The van der Waals surface area contributed by atoms with E-state index in [2.05, 4.69) is 16.7 Å². The van der Waals surface area contributed by atoms with E-state index in [9.17, 15) is 9.18 Å². The molecule has 1 aromatic carbocycles. The number of benzene rings is 1. The van der Waals surface area contributed by atoms with E-state index in [-0.39, 0.29) is 11.5 Å². The van der Waals surface area contributed by atoms with Crippen LogP contribution in [0.25, 0.3) is 0 Å². The van der Waals surface area contributed by atoms with Crippen molar-refractivity contribution in [2.75, 3.05) is 13.1 Å². The lowest BCUT2D eigenvalue weighted by Crippen LogP contribution is -2.31. The van der Waals surface area contributed by atoms with Gasteiger partial charge in [0.25, 0.3) is 5.91 Å². The number of nitrogens with one attached hydrogen (secondary N) is 2. The third-order valence-corrected chi connectivity index (χ3v) is 3.64. The molecule has 134 valence electrons. The van der Waals surface area contributed by atoms with E-state index in [1.165, 1.54) is 17.0 Å². The van der Waals surface area contributed by atoms with Gasteiger partial charge in [-0.3, -0.25) is 4.79 Å². The molecule has 7 nitrogen and oxygen atoms in total. The maximum absolute atomic E-state index is 13.3. The molecule has 1 amide bonds. The summed E-state index contributed by atoms with van der Waals surface area (Å²) in [6.45, 7) is 1.91. The summed E-state index contributed by atoms with van der Waals surface area (Å²) in [5, 5.41) is 22.7. The fraction of sp³-hybridized carbons (Fsp3) is 0.188. The van der Waals surface area contributed by atoms with Gasteiger partial charge in [-0.05, 0) is 23.6 Å². The molecular weight excluding hydrogens is 351 g/mol. The number of aliphatic carboxylic acids is 2. The summed E-state index contributed by atoms with van der Waals surface area (Å²) in [5.41, 5.74) is 0.0840. The minimum absolute atomic E-state index is 0.0840. The Kier molecular flexibility index (Phi) is 8.83. The number of thiophene rings is 1. The zero-order chi connectivity index (χ0) is 18.7. The van der Waals surface area contributed by atoms with Crippen molar-refractivity contribution >= 4 is 29.2 Å². The zero-order valence-electron chi connectivity index (χ0n) is 13.1. The molecule has 0 saturated carbocycles. The number of amides is 1. The second-order valence-electron chi connectivity index (χ2n) is 4.60. The van der Waals surface area contributed by atoms with E-state index in [1.807, 2.05) is 11.4 Å². The first-order valence-corrected chi connectivity index (χ1v) is 8.01. The monoisotopic (exact) mass is 368 g/mol. The Morgan fingerprint density at radius 3 is 2.24 bits per heavy atom. The molecule has 9 heteroatoms. The van der Waals surface area contributed by atoms with Crippen molar-refractivity contribution in [3.8, 4) is 0 Å². The van der Waals surface area contributed by atoms with Crippen LogP contribution in [0, 0.1) is 5.82 Å². The molecule has 2 aromatic rings. The molecule has 0 atom stereocenters. The van der Waals surface area contributed by atoms with E-state index in [4.69, 9.17) is 19.8 Å². The lowest BCUT2D eigenvalue weighted by Gasteiger charge is -2.06. The lowest BCUT2D eigenvalue weighted by molar-refractivity contribution is -0.159. The van der Waals surface area contributed by atoms with Gasteiger partial charge < -0.3 is 20.8 Å². The Morgan fingerprint density at radius 1 is 1.00 bits per heavy atom. The Balaban J connectivity index is 0.000000450. The molecule has 1 heterocycles. The number of carbonyl (C=O) groups excluding carboxylic acids is 1. The molecule has 0 aliphatic carbocycles. The number of halogens is 1. The highest BCUT2D eigenvalue weighted by Gasteiger charge is 2.09. The van der Waals surface area contributed by atoms with Gasteiger partial charge in [-0.1, -0.05) is 18.2 Å².